The van der Waals surface area contributed by atoms with E-state index in [-0.39, 0.29) is 5.82 Å². The van der Waals surface area contributed by atoms with Crippen LogP contribution in [0.15, 0.2) is 48.8 Å². The van der Waals surface area contributed by atoms with Gasteiger partial charge in [-0.2, -0.15) is 0 Å². The second-order valence-corrected chi connectivity index (χ2v) is 4.95. The summed E-state index contributed by atoms with van der Waals surface area (Å²) < 4.78 is 13.6. The minimum atomic E-state index is -0.469. The summed E-state index contributed by atoms with van der Waals surface area (Å²) in [5.74, 6) is -0.191. The van der Waals surface area contributed by atoms with Gasteiger partial charge in [0.2, 0.25) is 0 Å². The van der Waals surface area contributed by atoms with Gasteiger partial charge in [0.15, 0.2) is 0 Å². The lowest BCUT2D eigenvalue weighted by molar-refractivity contribution is 0.451. The van der Waals surface area contributed by atoms with Crippen molar-refractivity contribution in [2.24, 2.45) is 5.73 Å². The van der Waals surface area contributed by atoms with Crippen molar-refractivity contribution in [2.75, 3.05) is 0 Å². The lowest BCUT2D eigenvalue weighted by Crippen LogP contribution is -2.41. The monoisotopic (exact) mass is 244 g/mol. The van der Waals surface area contributed by atoms with E-state index in [0.717, 1.165) is 5.56 Å². The van der Waals surface area contributed by atoms with Crippen LogP contribution in [0.5, 0.6) is 0 Å². The summed E-state index contributed by atoms with van der Waals surface area (Å²) in [5, 5.41) is 0. The lowest BCUT2D eigenvalue weighted by atomic mass is 9.87. The topological polar surface area (TPSA) is 38.9 Å². The Morgan fingerprint density at radius 2 is 1.78 bits per heavy atom. The standard InChI is InChI=1S/C15H17FN2/c1-15(17,10-12-6-8-18-9-7-12)11-13-4-2-3-5-14(13)16/h2-9H,10-11,17H2,1H3. The number of pyridine rings is 1. The third-order valence-corrected chi connectivity index (χ3v) is 2.91. The van der Waals surface area contributed by atoms with Gasteiger partial charge in [0, 0.05) is 17.9 Å². The second-order valence-electron chi connectivity index (χ2n) is 4.95. The van der Waals surface area contributed by atoms with Gasteiger partial charge in [0.05, 0.1) is 0 Å². The molecule has 0 saturated heterocycles. The molecule has 0 amide bonds. The smallest absolute Gasteiger partial charge is 0.126 e. The Bertz CT molecular complexity index is 509. The van der Waals surface area contributed by atoms with E-state index in [4.69, 9.17) is 5.73 Å². The Morgan fingerprint density at radius 3 is 2.44 bits per heavy atom. The van der Waals surface area contributed by atoms with Crippen molar-refractivity contribution in [3.05, 3.63) is 65.7 Å². The maximum atomic E-state index is 13.6. The zero-order chi connectivity index (χ0) is 13.0. The first-order valence-electron chi connectivity index (χ1n) is 5.98. The van der Waals surface area contributed by atoms with Crippen molar-refractivity contribution in [3.8, 4) is 0 Å². The van der Waals surface area contributed by atoms with E-state index in [2.05, 4.69) is 4.98 Å². The predicted octanol–water partition coefficient (Wildman–Crippen LogP) is 2.72. The molecule has 18 heavy (non-hydrogen) atoms. The van der Waals surface area contributed by atoms with E-state index in [9.17, 15) is 4.39 Å². The number of nitrogens with two attached hydrogens (primary N) is 1. The van der Waals surface area contributed by atoms with Crippen LogP contribution in [0.1, 0.15) is 18.1 Å². The highest BCUT2D eigenvalue weighted by Crippen LogP contribution is 2.18. The molecule has 0 aliphatic heterocycles. The van der Waals surface area contributed by atoms with E-state index in [1.807, 2.05) is 25.1 Å². The van der Waals surface area contributed by atoms with Crippen molar-refractivity contribution in [1.29, 1.82) is 0 Å². The van der Waals surface area contributed by atoms with E-state index in [1.54, 1.807) is 24.5 Å². The molecule has 1 aromatic heterocycles. The van der Waals surface area contributed by atoms with E-state index in [0.29, 0.717) is 18.4 Å². The molecular weight excluding hydrogens is 227 g/mol. The molecule has 0 saturated carbocycles. The fourth-order valence-corrected chi connectivity index (χ4v) is 2.11. The average Bonchev–Trinajstić information content (AvgIpc) is 2.32. The second kappa shape index (κ2) is 5.27. The molecule has 2 nitrogen and oxygen atoms in total. The zero-order valence-electron chi connectivity index (χ0n) is 10.4. The fraction of sp³-hybridized carbons (Fsp3) is 0.267. The summed E-state index contributed by atoms with van der Waals surface area (Å²) in [4.78, 5) is 3.97. The summed E-state index contributed by atoms with van der Waals surface area (Å²) in [5.41, 5.74) is 7.57. The van der Waals surface area contributed by atoms with Gasteiger partial charge in [-0.3, -0.25) is 4.98 Å². The number of hydrogen-bond acceptors (Lipinski definition) is 2. The molecule has 0 bridgehead atoms. The van der Waals surface area contributed by atoms with Crippen molar-refractivity contribution >= 4 is 0 Å². The van der Waals surface area contributed by atoms with Gasteiger partial charge in [-0.25, -0.2) is 4.39 Å². The number of benzene rings is 1. The number of halogens is 1. The first kappa shape index (κ1) is 12.7. The summed E-state index contributed by atoms with van der Waals surface area (Å²) >= 11 is 0. The van der Waals surface area contributed by atoms with Crippen molar-refractivity contribution in [1.82, 2.24) is 4.98 Å². The van der Waals surface area contributed by atoms with Gasteiger partial charge in [-0.05, 0) is 49.1 Å². The van der Waals surface area contributed by atoms with Crippen LogP contribution in [0.4, 0.5) is 4.39 Å². The SMILES string of the molecule is CC(N)(Cc1ccncc1)Cc1ccccc1F. The van der Waals surface area contributed by atoms with Crippen molar-refractivity contribution in [2.45, 2.75) is 25.3 Å². The van der Waals surface area contributed by atoms with Crippen molar-refractivity contribution < 1.29 is 4.39 Å². The summed E-state index contributed by atoms with van der Waals surface area (Å²) in [6.07, 6.45) is 4.70. The molecule has 0 aliphatic carbocycles. The van der Waals surface area contributed by atoms with Gasteiger partial charge < -0.3 is 5.73 Å². The highest BCUT2D eigenvalue weighted by atomic mass is 19.1. The molecule has 0 spiro atoms. The fourth-order valence-electron chi connectivity index (χ4n) is 2.11. The minimum Gasteiger partial charge on any atom is -0.325 e. The Kier molecular flexibility index (Phi) is 3.72. The largest absolute Gasteiger partial charge is 0.325 e. The Hall–Kier alpha value is -1.74. The highest BCUT2D eigenvalue weighted by molar-refractivity contribution is 5.22. The van der Waals surface area contributed by atoms with E-state index < -0.39 is 5.54 Å². The zero-order valence-corrected chi connectivity index (χ0v) is 10.4. The molecule has 1 heterocycles. The van der Waals surface area contributed by atoms with Gasteiger partial charge >= 0.3 is 0 Å². The Labute approximate surface area is 107 Å². The lowest BCUT2D eigenvalue weighted by Gasteiger charge is -2.25. The number of rotatable bonds is 4. The van der Waals surface area contributed by atoms with Crippen LogP contribution in [-0.4, -0.2) is 10.5 Å². The van der Waals surface area contributed by atoms with E-state index in [1.165, 1.54) is 6.07 Å². The number of nitrogens with zero attached hydrogens (tertiary/aromatic N) is 1. The van der Waals surface area contributed by atoms with Crippen molar-refractivity contribution in [3.63, 3.8) is 0 Å². The molecule has 0 aliphatic rings. The molecule has 1 unspecified atom stereocenters. The molecule has 94 valence electrons. The normalized spacial score (nSPS) is 14.2. The summed E-state index contributed by atoms with van der Waals surface area (Å²) in [6, 6.07) is 10.7. The predicted molar refractivity (Wildman–Crippen MR) is 70.6 cm³/mol. The average molecular weight is 244 g/mol. The maximum Gasteiger partial charge on any atom is 0.126 e. The molecule has 0 fully saturated rings. The Balaban J connectivity index is 2.10. The Morgan fingerprint density at radius 1 is 1.11 bits per heavy atom. The first-order valence-corrected chi connectivity index (χ1v) is 5.98. The molecule has 2 N–H and O–H groups in total. The maximum absolute atomic E-state index is 13.6. The third kappa shape index (κ3) is 3.37. The molecule has 0 radical (unpaired) electrons. The summed E-state index contributed by atoms with van der Waals surface area (Å²) in [6.45, 7) is 1.94. The van der Waals surface area contributed by atoms with Crippen LogP contribution in [0, 0.1) is 5.82 Å². The van der Waals surface area contributed by atoms with Crippen LogP contribution in [0.25, 0.3) is 0 Å². The van der Waals surface area contributed by atoms with E-state index >= 15 is 0 Å². The van der Waals surface area contributed by atoms with Gasteiger partial charge in [-0.1, -0.05) is 18.2 Å². The van der Waals surface area contributed by atoms with Crippen LogP contribution < -0.4 is 5.73 Å². The molecular formula is C15H17FN2. The number of hydrogen-bond donors (Lipinski definition) is 1. The van der Waals surface area contributed by atoms with Gasteiger partial charge in [0.1, 0.15) is 5.82 Å². The van der Waals surface area contributed by atoms with Gasteiger partial charge in [0.25, 0.3) is 0 Å². The first-order chi connectivity index (χ1) is 8.57. The van der Waals surface area contributed by atoms with Crippen LogP contribution >= 0.6 is 0 Å². The van der Waals surface area contributed by atoms with Crippen LogP contribution in [-0.2, 0) is 12.8 Å². The quantitative estimate of drug-likeness (QED) is 0.898. The number of aromatic nitrogens is 1. The molecule has 3 heteroatoms. The van der Waals surface area contributed by atoms with Gasteiger partial charge in [-0.15, -0.1) is 0 Å². The molecule has 1 aromatic carbocycles. The van der Waals surface area contributed by atoms with Crippen LogP contribution in [0.3, 0.4) is 0 Å². The summed E-state index contributed by atoms with van der Waals surface area (Å²) in [7, 11) is 0. The minimum absolute atomic E-state index is 0.191. The molecule has 2 aromatic rings. The highest BCUT2D eigenvalue weighted by Gasteiger charge is 2.21. The molecule has 1 atom stereocenters. The third-order valence-electron chi connectivity index (χ3n) is 2.91. The van der Waals surface area contributed by atoms with Crippen LogP contribution in [0.2, 0.25) is 0 Å². The molecule has 2 rings (SSSR count).